The third kappa shape index (κ3) is 4.20. The molecule has 142 valence electrons. The Labute approximate surface area is 158 Å². The van der Waals surface area contributed by atoms with Gasteiger partial charge in [-0.25, -0.2) is 13.8 Å². The van der Waals surface area contributed by atoms with E-state index in [1.165, 1.54) is 12.3 Å². The summed E-state index contributed by atoms with van der Waals surface area (Å²) in [4.78, 5) is 8.20. The Hall–Kier alpha value is -3.62. The second-order valence-corrected chi connectivity index (χ2v) is 5.95. The number of rotatable bonds is 7. The van der Waals surface area contributed by atoms with Crippen LogP contribution in [0, 0.1) is 0 Å². The van der Waals surface area contributed by atoms with Gasteiger partial charge in [0.25, 0.3) is 12.3 Å². The summed E-state index contributed by atoms with van der Waals surface area (Å²) in [5.74, 6) is 0.596. The van der Waals surface area contributed by atoms with Gasteiger partial charge < -0.3 is 9.26 Å². The lowest BCUT2D eigenvalue weighted by Gasteiger charge is -2.04. The van der Waals surface area contributed by atoms with Crippen LogP contribution in [-0.2, 0) is 6.42 Å². The van der Waals surface area contributed by atoms with Gasteiger partial charge in [0.1, 0.15) is 0 Å². The predicted molar refractivity (Wildman–Crippen MR) is 95.9 cm³/mol. The van der Waals surface area contributed by atoms with Crippen LogP contribution in [0.4, 0.5) is 8.78 Å². The van der Waals surface area contributed by atoms with Gasteiger partial charge in [-0.15, -0.1) is 0 Å². The van der Waals surface area contributed by atoms with Crippen molar-refractivity contribution in [2.75, 3.05) is 6.61 Å². The van der Waals surface area contributed by atoms with Crippen LogP contribution in [0.2, 0.25) is 0 Å². The topological polar surface area (TPSA) is 89.7 Å². The van der Waals surface area contributed by atoms with E-state index in [9.17, 15) is 8.78 Å². The molecule has 0 aliphatic carbocycles. The van der Waals surface area contributed by atoms with Gasteiger partial charge in [0.15, 0.2) is 12.3 Å². The molecule has 0 aliphatic heterocycles. The zero-order valence-electron chi connectivity index (χ0n) is 14.5. The quantitative estimate of drug-likeness (QED) is 0.523. The average Bonchev–Trinajstić information content (AvgIpc) is 3.37. The first-order valence-corrected chi connectivity index (χ1v) is 8.47. The van der Waals surface area contributed by atoms with Crippen molar-refractivity contribution in [1.29, 1.82) is 0 Å². The number of aromatic amines is 1. The lowest BCUT2D eigenvalue weighted by Crippen LogP contribution is -2.07. The Morgan fingerprint density at radius 1 is 1.11 bits per heavy atom. The van der Waals surface area contributed by atoms with Crippen molar-refractivity contribution in [2.45, 2.75) is 12.8 Å². The van der Waals surface area contributed by atoms with Gasteiger partial charge in [0.05, 0.1) is 0 Å². The molecule has 0 aliphatic rings. The Kier molecular flexibility index (Phi) is 5.05. The number of alkyl halides is 2. The van der Waals surface area contributed by atoms with Crippen molar-refractivity contribution < 1.29 is 18.0 Å². The lowest BCUT2D eigenvalue weighted by atomic mass is 10.1. The largest absolute Gasteiger partial charge is 0.472 e. The van der Waals surface area contributed by atoms with E-state index in [0.717, 1.165) is 11.3 Å². The molecule has 0 unspecified atom stereocenters. The van der Waals surface area contributed by atoms with Gasteiger partial charge in [0, 0.05) is 29.9 Å². The normalized spacial score (nSPS) is 11.1. The van der Waals surface area contributed by atoms with Crippen molar-refractivity contribution in [2.24, 2.45) is 0 Å². The molecule has 3 heterocycles. The monoisotopic (exact) mass is 383 g/mol. The van der Waals surface area contributed by atoms with Crippen LogP contribution in [0.3, 0.4) is 0 Å². The summed E-state index contributed by atoms with van der Waals surface area (Å²) in [6, 6.07) is 14.9. The van der Waals surface area contributed by atoms with Crippen molar-refractivity contribution in [1.82, 2.24) is 25.3 Å². The fraction of sp³-hybridized carbons (Fsp3) is 0.158. The molecular formula is C19H15F2N5O2. The number of hydrogen-bond acceptors (Lipinski definition) is 6. The molecule has 0 atom stereocenters. The maximum Gasteiger partial charge on any atom is 0.278 e. The van der Waals surface area contributed by atoms with Crippen molar-refractivity contribution in [3.05, 3.63) is 66.0 Å². The van der Waals surface area contributed by atoms with Crippen molar-refractivity contribution >= 4 is 0 Å². The van der Waals surface area contributed by atoms with Gasteiger partial charge in [0.2, 0.25) is 11.7 Å². The fourth-order valence-corrected chi connectivity index (χ4v) is 2.60. The van der Waals surface area contributed by atoms with Gasteiger partial charge in [-0.05, 0) is 17.7 Å². The summed E-state index contributed by atoms with van der Waals surface area (Å²) in [6.07, 6.45) is -0.449. The minimum Gasteiger partial charge on any atom is -0.472 e. The number of benzene rings is 1. The first-order valence-electron chi connectivity index (χ1n) is 8.47. The number of H-pyrrole nitrogens is 1. The molecule has 28 heavy (non-hydrogen) atoms. The van der Waals surface area contributed by atoms with Crippen molar-refractivity contribution in [3.63, 3.8) is 0 Å². The van der Waals surface area contributed by atoms with E-state index < -0.39 is 13.0 Å². The molecule has 0 fully saturated rings. The molecule has 0 bridgehead atoms. The van der Waals surface area contributed by atoms with E-state index in [4.69, 9.17) is 9.26 Å². The highest BCUT2D eigenvalue weighted by Gasteiger charge is 2.15. The Morgan fingerprint density at radius 2 is 1.96 bits per heavy atom. The number of ether oxygens (including phenoxy) is 1. The van der Waals surface area contributed by atoms with Crippen LogP contribution in [0.1, 0.15) is 11.3 Å². The van der Waals surface area contributed by atoms with E-state index in [1.807, 2.05) is 36.4 Å². The molecule has 0 radical (unpaired) electrons. The molecular weight excluding hydrogens is 368 g/mol. The highest BCUT2D eigenvalue weighted by molar-refractivity contribution is 5.58. The molecule has 9 heteroatoms. The third-order valence-electron chi connectivity index (χ3n) is 3.86. The predicted octanol–water partition coefficient (Wildman–Crippen LogP) is 3.76. The minimum absolute atomic E-state index is 0.0640. The van der Waals surface area contributed by atoms with E-state index in [-0.39, 0.29) is 17.6 Å². The van der Waals surface area contributed by atoms with Gasteiger partial charge in [-0.1, -0.05) is 35.5 Å². The second-order valence-electron chi connectivity index (χ2n) is 5.95. The zero-order valence-corrected chi connectivity index (χ0v) is 14.5. The van der Waals surface area contributed by atoms with Crippen molar-refractivity contribution in [3.8, 4) is 28.9 Å². The highest BCUT2D eigenvalue weighted by Crippen LogP contribution is 2.23. The summed E-state index contributed by atoms with van der Waals surface area (Å²) in [5, 5.41) is 11.1. The number of hydrogen-bond donors (Lipinski definition) is 1. The molecule has 0 saturated heterocycles. The molecule has 1 aromatic carbocycles. The Balaban J connectivity index is 1.50. The molecule has 4 aromatic rings. The Bertz CT molecular complexity index is 1050. The first-order chi connectivity index (χ1) is 13.7. The summed E-state index contributed by atoms with van der Waals surface area (Å²) < 4.78 is 34.7. The van der Waals surface area contributed by atoms with Crippen LogP contribution in [0.15, 0.2) is 59.3 Å². The maximum absolute atomic E-state index is 12.3. The summed E-state index contributed by atoms with van der Waals surface area (Å²) in [5.41, 5.74) is 3.12. The van der Waals surface area contributed by atoms with Crippen LogP contribution >= 0.6 is 0 Å². The van der Waals surface area contributed by atoms with Crippen LogP contribution in [0.5, 0.6) is 5.88 Å². The standard InChI is InChI=1S/C19H15F2N5O2/c20-16(21)11-27-17-9-13(6-7-22-17)18-23-19(28-26-18)15-10-14(24-25-15)8-12-4-2-1-3-5-12/h1-7,9-10,16H,8,11H2,(H,24,25). The summed E-state index contributed by atoms with van der Waals surface area (Å²) >= 11 is 0. The van der Waals surface area contributed by atoms with E-state index in [2.05, 4.69) is 25.3 Å². The van der Waals surface area contributed by atoms with E-state index in [1.54, 1.807) is 6.07 Å². The summed E-state index contributed by atoms with van der Waals surface area (Å²) in [6.45, 7) is -0.731. The number of halogens is 2. The molecule has 4 rings (SSSR count). The lowest BCUT2D eigenvalue weighted by molar-refractivity contribution is 0.0796. The fourth-order valence-electron chi connectivity index (χ4n) is 2.60. The van der Waals surface area contributed by atoms with Crippen LogP contribution < -0.4 is 4.74 Å². The molecule has 3 aromatic heterocycles. The third-order valence-corrected chi connectivity index (χ3v) is 3.86. The molecule has 0 amide bonds. The number of pyridine rings is 1. The highest BCUT2D eigenvalue weighted by atomic mass is 19.3. The maximum atomic E-state index is 12.3. The van der Waals surface area contributed by atoms with Gasteiger partial charge >= 0.3 is 0 Å². The van der Waals surface area contributed by atoms with Crippen LogP contribution in [0.25, 0.3) is 23.0 Å². The SMILES string of the molecule is FC(F)COc1cc(-c2noc(-c3cc(Cc4ccccc4)[nH]n3)n2)ccn1. The van der Waals surface area contributed by atoms with Gasteiger partial charge in [-0.3, -0.25) is 5.10 Å². The molecule has 0 spiro atoms. The summed E-state index contributed by atoms with van der Waals surface area (Å²) in [7, 11) is 0. The number of nitrogens with zero attached hydrogens (tertiary/aromatic N) is 4. The molecule has 1 N–H and O–H groups in total. The Morgan fingerprint density at radius 3 is 2.79 bits per heavy atom. The van der Waals surface area contributed by atoms with E-state index >= 15 is 0 Å². The first kappa shape index (κ1) is 17.8. The minimum atomic E-state index is -2.58. The molecule has 7 nitrogen and oxygen atoms in total. The zero-order chi connectivity index (χ0) is 19.3. The molecule has 0 saturated carbocycles. The smallest absolute Gasteiger partial charge is 0.278 e. The average molecular weight is 383 g/mol. The number of nitrogens with one attached hydrogen (secondary N) is 1. The van der Waals surface area contributed by atoms with E-state index in [0.29, 0.717) is 17.7 Å². The van der Waals surface area contributed by atoms with Gasteiger partial charge in [-0.2, -0.15) is 10.1 Å². The second kappa shape index (κ2) is 7.95. The van der Waals surface area contributed by atoms with Crippen LogP contribution in [-0.4, -0.2) is 38.4 Å². The number of aromatic nitrogens is 5.